The van der Waals surface area contributed by atoms with Crippen molar-refractivity contribution in [2.24, 2.45) is 0 Å². The zero-order valence-corrected chi connectivity index (χ0v) is 13.9. The number of para-hydroxylation sites is 2. The maximum absolute atomic E-state index is 11.9. The summed E-state index contributed by atoms with van der Waals surface area (Å²) in [6.45, 7) is 4.55. The van der Waals surface area contributed by atoms with Crippen LogP contribution in [0.1, 0.15) is 17.0 Å². The third-order valence-corrected chi connectivity index (χ3v) is 4.04. The molecule has 2 aromatic carbocycles. The van der Waals surface area contributed by atoms with Crippen LogP contribution < -0.4 is 10.1 Å². The van der Waals surface area contributed by atoms with E-state index < -0.39 is 0 Å². The van der Waals surface area contributed by atoms with Crippen LogP contribution in [0.25, 0.3) is 11.0 Å². The van der Waals surface area contributed by atoms with Gasteiger partial charge in [-0.05, 0) is 43.2 Å². The van der Waals surface area contributed by atoms with Crippen LogP contribution in [0.15, 0.2) is 42.5 Å². The van der Waals surface area contributed by atoms with E-state index in [-0.39, 0.29) is 12.5 Å². The summed E-state index contributed by atoms with van der Waals surface area (Å²) in [5.74, 6) is 1.49. The van der Waals surface area contributed by atoms with Crippen molar-refractivity contribution in [2.75, 3.05) is 13.2 Å². The minimum atomic E-state index is -0.132. The molecule has 1 aromatic heterocycles. The van der Waals surface area contributed by atoms with Gasteiger partial charge in [-0.1, -0.05) is 24.3 Å². The van der Waals surface area contributed by atoms with Gasteiger partial charge in [0.2, 0.25) is 0 Å². The van der Waals surface area contributed by atoms with Gasteiger partial charge >= 0.3 is 0 Å². The van der Waals surface area contributed by atoms with E-state index in [9.17, 15) is 4.79 Å². The summed E-state index contributed by atoms with van der Waals surface area (Å²) in [4.78, 5) is 19.6. The molecule has 0 spiro atoms. The van der Waals surface area contributed by atoms with E-state index >= 15 is 0 Å². The number of H-pyrrole nitrogens is 1. The first kappa shape index (κ1) is 16.1. The Bertz CT molecular complexity index is 822. The number of aromatic nitrogens is 2. The van der Waals surface area contributed by atoms with E-state index in [1.807, 2.05) is 56.3 Å². The molecule has 0 unspecified atom stereocenters. The van der Waals surface area contributed by atoms with Gasteiger partial charge in [0.05, 0.1) is 11.0 Å². The van der Waals surface area contributed by atoms with Crippen molar-refractivity contribution in [3.8, 4) is 5.75 Å². The molecule has 5 nitrogen and oxygen atoms in total. The molecule has 0 radical (unpaired) electrons. The van der Waals surface area contributed by atoms with E-state index in [1.54, 1.807) is 0 Å². The highest BCUT2D eigenvalue weighted by atomic mass is 16.5. The average molecular weight is 323 g/mol. The van der Waals surface area contributed by atoms with Crippen LogP contribution in [-0.2, 0) is 11.2 Å². The first-order chi connectivity index (χ1) is 11.6. The van der Waals surface area contributed by atoms with E-state index in [0.29, 0.717) is 13.0 Å². The summed E-state index contributed by atoms with van der Waals surface area (Å²) >= 11 is 0. The largest absolute Gasteiger partial charge is 0.483 e. The molecular formula is C19H21N3O2. The van der Waals surface area contributed by atoms with Crippen LogP contribution in [0.5, 0.6) is 5.75 Å². The highest BCUT2D eigenvalue weighted by Crippen LogP contribution is 2.20. The van der Waals surface area contributed by atoms with Crippen LogP contribution >= 0.6 is 0 Å². The number of carbonyl (C=O) groups excluding carboxylic acids is 1. The highest BCUT2D eigenvalue weighted by Gasteiger charge is 2.07. The summed E-state index contributed by atoms with van der Waals surface area (Å²) in [6, 6.07) is 13.7. The van der Waals surface area contributed by atoms with E-state index in [1.165, 1.54) is 0 Å². The topological polar surface area (TPSA) is 67.0 Å². The molecule has 0 saturated heterocycles. The van der Waals surface area contributed by atoms with Crippen LogP contribution in [0.4, 0.5) is 0 Å². The number of nitrogens with one attached hydrogen (secondary N) is 2. The molecule has 3 aromatic rings. The number of nitrogens with zero attached hydrogens (tertiary/aromatic N) is 1. The third kappa shape index (κ3) is 3.74. The summed E-state index contributed by atoms with van der Waals surface area (Å²) < 4.78 is 5.59. The number of amides is 1. The van der Waals surface area contributed by atoms with Crippen molar-refractivity contribution >= 4 is 16.9 Å². The maximum Gasteiger partial charge on any atom is 0.257 e. The van der Waals surface area contributed by atoms with Gasteiger partial charge in [0.1, 0.15) is 11.6 Å². The Morgan fingerprint density at radius 2 is 2.00 bits per heavy atom. The number of hydrogen-bond acceptors (Lipinski definition) is 3. The van der Waals surface area contributed by atoms with E-state index in [4.69, 9.17) is 4.74 Å². The van der Waals surface area contributed by atoms with Crippen molar-refractivity contribution < 1.29 is 9.53 Å². The Morgan fingerprint density at radius 1 is 1.17 bits per heavy atom. The number of aryl methyl sites for hydroxylation is 1. The predicted octanol–water partition coefficient (Wildman–Crippen LogP) is 2.92. The molecule has 0 atom stereocenters. The lowest BCUT2D eigenvalue weighted by Gasteiger charge is -2.10. The SMILES string of the molecule is Cc1cccc(OCC(=O)NCCc2nc3ccccc3[nH]2)c1C. The fourth-order valence-electron chi connectivity index (χ4n) is 2.52. The molecule has 5 heteroatoms. The Hall–Kier alpha value is -2.82. The zero-order valence-electron chi connectivity index (χ0n) is 13.9. The molecule has 124 valence electrons. The molecule has 0 aliphatic carbocycles. The van der Waals surface area contributed by atoms with Gasteiger partial charge in [0.25, 0.3) is 5.91 Å². The van der Waals surface area contributed by atoms with Gasteiger partial charge in [-0.2, -0.15) is 0 Å². The van der Waals surface area contributed by atoms with Crippen molar-refractivity contribution in [2.45, 2.75) is 20.3 Å². The van der Waals surface area contributed by atoms with Crippen molar-refractivity contribution in [1.82, 2.24) is 15.3 Å². The second kappa shape index (κ2) is 7.17. The zero-order chi connectivity index (χ0) is 16.9. The van der Waals surface area contributed by atoms with Crippen LogP contribution in [0, 0.1) is 13.8 Å². The lowest BCUT2D eigenvalue weighted by molar-refractivity contribution is -0.123. The standard InChI is InChI=1S/C19H21N3O2/c1-13-6-5-9-17(14(13)2)24-12-19(23)20-11-10-18-21-15-7-3-4-8-16(15)22-18/h3-9H,10-12H2,1-2H3,(H,20,23)(H,21,22). The second-order valence-electron chi connectivity index (χ2n) is 5.79. The third-order valence-electron chi connectivity index (χ3n) is 4.04. The number of hydrogen-bond donors (Lipinski definition) is 2. The lowest BCUT2D eigenvalue weighted by Crippen LogP contribution is -2.30. The fraction of sp³-hybridized carbons (Fsp3) is 0.263. The molecular weight excluding hydrogens is 302 g/mol. The van der Waals surface area contributed by atoms with Gasteiger partial charge in [-0.3, -0.25) is 4.79 Å². The Morgan fingerprint density at radius 3 is 2.83 bits per heavy atom. The average Bonchev–Trinajstić information content (AvgIpc) is 2.99. The summed E-state index contributed by atoms with van der Waals surface area (Å²) in [7, 11) is 0. The normalized spacial score (nSPS) is 10.8. The van der Waals surface area contributed by atoms with Crippen LogP contribution in [0.3, 0.4) is 0 Å². The molecule has 0 aliphatic heterocycles. The molecule has 1 amide bonds. The predicted molar refractivity (Wildman–Crippen MR) is 94.2 cm³/mol. The first-order valence-corrected chi connectivity index (χ1v) is 8.03. The molecule has 0 bridgehead atoms. The second-order valence-corrected chi connectivity index (χ2v) is 5.79. The summed E-state index contributed by atoms with van der Waals surface area (Å²) in [5, 5.41) is 2.86. The first-order valence-electron chi connectivity index (χ1n) is 8.03. The van der Waals surface area contributed by atoms with E-state index in [0.717, 1.165) is 33.7 Å². The van der Waals surface area contributed by atoms with Crippen molar-refractivity contribution in [3.63, 3.8) is 0 Å². The Kier molecular flexibility index (Phi) is 4.79. The van der Waals surface area contributed by atoms with Crippen molar-refractivity contribution in [1.29, 1.82) is 0 Å². The van der Waals surface area contributed by atoms with Gasteiger partial charge in [0, 0.05) is 13.0 Å². The summed E-state index contributed by atoms with van der Waals surface area (Å²) in [6.07, 6.45) is 0.657. The van der Waals surface area contributed by atoms with Gasteiger partial charge in [0.15, 0.2) is 6.61 Å². The smallest absolute Gasteiger partial charge is 0.257 e. The fourth-order valence-corrected chi connectivity index (χ4v) is 2.52. The molecule has 24 heavy (non-hydrogen) atoms. The Labute approximate surface area is 141 Å². The molecule has 0 aliphatic rings. The van der Waals surface area contributed by atoms with Gasteiger partial charge < -0.3 is 15.0 Å². The number of rotatable bonds is 6. The number of benzene rings is 2. The number of fused-ring (bicyclic) bond motifs is 1. The number of carbonyl (C=O) groups is 1. The summed E-state index contributed by atoms with van der Waals surface area (Å²) in [5.41, 5.74) is 4.17. The molecule has 3 rings (SSSR count). The molecule has 1 heterocycles. The quantitative estimate of drug-likeness (QED) is 0.733. The van der Waals surface area contributed by atoms with Gasteiger partial charge in [-0.25, -0.2) is 4.98 Å². The van der Waals surface area contributed by atoms with Crippen LogP contribution in [-0.4, -0.2) is 29.0 Å². The minimum Gasteiger partial charge on any atom is -0.483 e. The molecule has 0 fully saturated rings. The number of ether oxygens (including phenoxy) is 1. The maximum atomic E-state index is 11.9. The minimum absolute atomic E-state index is 0.0183. The number of imidazole rings is 1. The van der Waals surface area contributed by atoms with E-state index in [2.05, 4.69) is 15.3 Å². The van der Waals surface area contributed by atoms with Crippen LogP contribution in [0.2, 0.25) is 0 Å². The molecule has 2 N–H and O–H groups in total. The van der Waals surface area contributed by atoms with Crippen molar-refractivity contribution in [3.05, 3.63) is 59.4 Å². The lowest BCUT2D eigenvalue weighted by atomic mass is 10.1. The van der Waals surface area contributed by atoms with Gasteiger partial charge in [-0.15, -0.1) is 0 Å². The highest BCUT2D eigenvalue weighted by molar-refractivity contribution is 5.77. The monoisotopic (exact) mass is 323 g/mol. The Balaban J connectivity index is 1.46. The number of aromatic amines is 1. The molecule has 0 saturated carbocycles.